The molecule has 1 rings (SSSR count). The van der Waals surface area contributed by atoms with Crippen molar-refractivity contribution in [3.63, 3.8) is 0 Å². The van der Waals surface area contributed by atoms with E-state index in [0.717, 1.165) is 0 Å². The van der Waals surface area contributed by atoms with E-state index in [1.807, 2.05) is 0 Å². The Morgan fingerprint density at radius 2 is 2.00 bits per heavy atom. The van der Waals surface area contributed by atoms with Gasteiger partial charge < -0.3 is 9.90 Å². The van der Waals surface area contributed by atoms with Crippen molar-refractivity contribution in [2.24, 2.45) is 0 Å². The molecule has 0 heterocycles. The fourth-order valence-electron chi connectivity index (χ4n) is 0.797. The fourth-order valence-corrected chi connectivity index (χ4v) is 0.797. The minimum atomic E-state index is -1.27. The van der Waals surface area contributed by atoms with Gasteiger partial charge >= 0.3 is 29.6 Å². The summed E-state index contributed by atoms with van der Waals surface area (Å²) in [6, 6.07) is 5.73. The predicted molar refractivity (Wildman–Crippen MR) is 35.1 cm³/mol. The van der Waals surface area contributed by atoms with Crippen molar-refractivity contribution in [1.82, 2.24) is 0 Å². The summed E-state index contributed by atoms with van der Waals surface area (Å²) in [5.74, 6) is -1.77. The van der Waals surface area contributed by atoms with Crippen LogP contribution in [0, 0.1) is 5.82 Å². The second-order valence-electron chi connectivity index (χ2n) is 2.14. The van der Waals surface area contributed by atoms with Crippen LogP contribution in [-0.2, 0) is 11.2 Å². The quantitative estimate of drug-likeness (QED) is 0.454. The minimum Gasteiger partial charge on any atom is -0.550 e. The number of aliphatic carboxylic acids is 1. The molecule has 0 aliphatic heterocycles. The van der Waals surface area contributed by atoms with Crippen molar-refractivity contribution >= 4 is 5.97 Å². The van der Waals surface area contributed by atoms with Crippen LogP contribution < -0.4 is 34.7 Å². The Balaban J connectivity index is 0.00000121. The number of carboxylic acid groups (broad SMARTS) is 1. The van der Waals surface area contributed by atoms with Crippen molar-refractivity contribution in [1.29, 1.82) is 0 Å². The summed E-state index contributed by atoms with van der Waals surface area (Å²) in [7, 11) is 0. The second-order valence-corrected chi connectivity index (χ2v) is 2.14. The van der Waals surface area contributed by atoms with Crippen molar-refractivity contribution in [2.75, 3.05) is 0 Å². The summed E-state index contributed by atoms with van der Waals surface area (Å²) >= 11 is 0. The first kappa shape index (κ1) is 11.6. The van der Waals surface area contributed by atoms with Crippen LogP contribution in [0.3, 0.4) is 0 Å². The Bertz CT molecular complexity index is 276. The molecule has 1 aromatic rings. The molecule has 0 bridgehead atoms. The summed E-state index contributed by atoms with van der Waals surface area (Å²) < 4.78 is 12.7. The second kappa shape index (κ2) is 5.30. The van der Waals surface area contributed by atoms with Gasteiger partial charge in [-0.05, 0) is 11.6 Å². The van der Waals surface area contributed by atoms with Gasteiger partial charge in [-0.25, -0.2) is 4.39 Å². The molecule has 0 atom stereocenters. The fraction of sp³-hybridized carbons (Fsp3) is 0.125. The maximum absolute atomic E-state index is 12.7. The Hall–Kier alpha value is -0.380. The Morgan fingerprint density at radius 1 is 1.42 bits per heavy atom. The maximum Gasteiger partial charge on any atom is 1.00 e. The summed E-state index contributed by atoms with van der Waals surface area (Å²) in [4.78, 5) is 10.0. The molecule has 0 unspecified atom stereocenters. The number of carbonyl (C=O) groups is 1. The molecule has 0 fully saturated rings. The summed E-state index contributed by atoms with van der Waals surface area (Å²) in [5, 5.41) is 10.0. The number of halogens is 1. The molecule has 2 nitrogen and oxygen atoms in total. The summed E-state index contributed by atoms with van der Waals surface area (Å²) in [6.07, 6.45) is -0.368. The molecule has 0 aromatic heterocycles. The van der Waals surface area contributed by atoms with Gasteiger partial charge in [-0.2, -0.15) is 0 Å². The third-order valence-electron chi connectivity index (χ3n) is 1.29. The third-order valence-corrected chi connectivity index (χ3v) is 1.29. The van der Waals surface area contributed by atoms with E-state index >= 15 is 0 Å². The van der Waals surface area contributed by atoms with Crippen LogP contribution in [-0.4, -0.2) is 5.97 Å². The van der Waals surface area contributed by atoms with E-state index in [0.29, 0.717) is 0 Å². The average Bonchev–Trinajstić information content (AvgIpc) is 1.93. The molecule has 4 heteroatoms. The molecule has 58 valence electrons. The standard InChI is InChI=1S/C8H7FO2.Na/c9-7-4-2-1-3-6(7)5-8(10)11;/h1-4H,5H2,(H,10,11);/q;+1/p-1. The SMILES string of the molecule is O=C([O-])Cc1ccccc1F.[Na+]. The van der Waals surface area contributed by atoms with Crippen molar-refractivity contribution in [3.05, 3.63) is 35.6 Å². The maximum atomic E-state index is 12.7. The first-order valence-electron chi connectivity index (χ1n) is 3.13. The number of hydrogen-bond donors (Lipinski definition) is 0. The molecule has 0 aliphatic rings. The van der Waals surface area contributed by atoms with Gasteiger partial charge in [0, 0.05) is 12.4 Å². The molecular formula is C8H6FNaO2. The number of carbonyl (C=O) groups excluding carboxylic acids is 1. The van der Waals surface area contributed by atoms with Crippen LogP contribution >= 0.6 is 0 Å². The molecule has 12 heavy (non-hydrogen) atoms. The third kappa shape index (κ3) is 3.34. The van der Waals surface area contributed by atoms with Gasteiger partial charge in [-0.15, -0.1) is 0 Å². The zero-order valence-corrected chi connectivity index (χ0v) is 8.71. The van der Waals surface area contributed by atoms with E-state index in [-0.39, 0.29) is 41.5 Å². The van der Waals surface area contributed by atoms with Crippen molar-refractivity contribution in [2.45, 2.75) is 6.42 Å². The van der Waals surface area contributed by atoms with Crippen LogP contribution in [0.5, 0.6) is 0 Å². The predicted octanol–water partition coefficient (Wildman–Crippen LogP) is -2.88. The largest absolute Gasteiger partial charge is 1.00 e. The van der Waals surface area contributed by atoms with Crippen molar-refractivity contribution in [3.8, 4) is 0 Å². The molecule has 0 saturated carbocycles. The number of rotatable bonds is 2. The van der Waals surface area contributed by atoms with Gasteiger partial charge in [0.05, 0.1) is 0 Å². The van der Waals surface area contributed by atoms with E-state index in [9.17, 15) is 14.3 Å². The summed E-state index contributed by atoms with van der Waals surface area (Å²) in [5.41, 5.74) is 0.160. The van der Waals surface area contributed by atoms with Crippen molar-refractivity contribution < 1.29 is 43.8 Å². The van der Waals surface area contributed by atoms with Gasteiger partial charge in [-0.3, -0.25) is 0 Å². The van der Waals surface area contributed by atoms with Gasteiger partial charge in [0.15, 0.2) is 0 Å². The van der Waals surface area contributed by atoms with Crippen LogP contribution in [0.25, 0.3) is 0 Å². The Morgan fingerprint density at radius 3 is 2.50 bits per heavy atom. The van der Waals surface area contributed by atoms with Crippen LogP contribution in [0.1, 0.15) is 5.56 Å². The van der Waals surface area contributed by atoms with Gasteiger partial charge in [-0.1, -0.05) is 18.2 Å². The van der Waals surface area contributed by atoms with Gasteiger partial charge in [0.2, 0.25) is 0 Å². The molecule has 0 saturated heterocycles. The first-order valence-corrected chi connectivity index (χ1v) is 3.13. The van der Waals surface area contributed by atoms with Gasteiger partial charge in [0.1, 0.15) is 5.82 Å². The van der Waals surface area contributed by atoms with Crippen LogP contribution in [0.4, 0.5) is 4.39 Å². The molecule has 1 aromatic carbocycles. The Kier molecular flexibility index (Phi) is 5.13. The first-order chi connectivity index (χ1) is 5.20. The number of benzene rings is 1. The van der Waals surface area contributed by atoms with Gasteiger partial charge in [0.25, 0.3) is 0 Å². The van der Waals surface area contributed by atoms with Crippen LogP contribution in [0.2, 0.25) is 0 Å². The molecule has 0 amide bonds. The normalized spacial score (nSPS) is 8.75. The van der Waals surface area contributed by atoms with Crippen LogP contribution in [0.15, 0.2) is 24.3 Å². The molecule has 0 radical (unpaired) electrons. The molecule has 0 aliphatic carbocycles. The molecular weight excluding hydrogens is 170 g/mol. The summed E-state index contributed by atoms with van der Waals surface area (Å²) in [6.45, 7) is 0. The Labute approximate surface area is 91.7 Å². The topological polar surface area (TPSA) is 40.1 Å². The molecule has 0 spiro atoms. The van der Waals surface area contributed by atoms with E-state index < -0.39 is 11.8 Å². The zero-order chi connectivity index (χ0) is 8.27. The van der Waals surface area contributed by atoms with E-state index in [1.54, 1.807) is 6.07 Å². The number of carboxylic acids is 1. The van der Waals surface area contributed by atoms with E-state index in [2.05, 4.69) is 0 Å². The monoisotopic (exact) mass is 176 g/mol. The smallest absolute Gasteiger partial charge is 0.550 e. The zero-order valence-electron chi connectivity index (χ0n) is 6.71. The number of hydrogen-bond acceptors (Lipinski definition) is 2. The minimum absolute atomic E-state index is 0. The van der Waals surface area contributed by atoms with E-state index in [4.69, 9.17) is 0 Å². The molecule has 0 N–H and O–H groups in total. The average molecular weight is 176 g/mol. The van der Waals surface area contributed by atoms with E-state index in [1.165, 1.54) is 18.2 Å².